The van der Waals surface area contributed by atoms with Crippen molar-refractivity contribution in [2.45, 2.75) is 0 Å². The van der Waals surface area contributed by atoms with Crippen LogP contribution in [0.5, 0.6) is 23.0 Å². The van der Waals surface area contributed by atoms with Gasteiger partial charge in [0.1, 0.15) is 23.0 Å². The molecule has 0 saturated heterocycles. The lowest BCUT2D eigenvalue weighted by atomic mass is 10.0. The van der Waals surface area contributed by atoms with Gasteiger partial charge in [-0.1, -0.05) is 81.9 Å². The van der Waals surface area contributed by atoms with Crippen molar-refractivity contribution < 1.29 is 18.6 Å². The van der Waals surface area contributed by atoms with Crippen LogP contribution in [-0.2, 0) is 0 Å². The van der Waals surface area contributed by atoms with Crippen molar-refractivity contribution in [1.29, 1.82) is 0 Å². The van der Waals surface area contributed by atoms with Crippen molar-refractivity contribution in [1.82, 2.24) is 4.98 Å². The van der Waals surface area contributed by atoms with Crippen LogP contribution in [0.4, 0.5) is 5.69 Å². The first-order valence-electron chi connectivity index (χ1n) is 14.4. The fraction of sp³-hybridized carbons (Fsp3) is 0.0256. The van der Waals surface area contributed by atoms with Gasteiger partial charge in [0.15, 0.2) is 7.05 Å². The molecular weight excluding hydrogens is 542 g/mol. The van der Waals surface area contributed by atoms with E-state index in [2.05, 4.69) is 53.5 Å². The molecule has 6 aromatic rings. The summed E-state index contributed by atoms with van der Waals surface area (Å²) in [4.78, 5) is 4.69. The van der Waals surface area contributed by atoms with Gasteiger partial charge in [-0.2, -0.15) is 0 Å². The van der Waals surface area contributed by atoms with Gasteiger partial charge in [-0.05, 0) is 76.9 Å². The maximum absolute atomic E-state index is 6.48. The van der Waals surface area contributed by atoms with Crippen molar-refractivity contribution in [3.8, 4) is 56.5 Å². The summed E-state index contributed by atoms with van der Waals surface area (Å²) in [5.41, 5.74) is 7.06. The summed E-state index contributed by atoms with van der Waals surface area (Å²) in [7, 11) is 1.96. The van der Waals surface area contributed by atoms with Crippen molar-refractivity contribution in [3.63, 3.8) is 0 Å². The van der Waals surface area contributed by atoms with Crippen LogP contribution in [0.1, 0.15) is 0 Å². The number of hydrogen-bond donors (Lipinski definition) is 0. The zero-order valence-corrected chi connectivity index (χ0v) is 24.2. The standard InChI is InChI=1S/C39H29N3O2/c1-41-20-21-42(28-41)34-22-33(29-10-4-2-5-11-29)25-38(27-34)44-37-17-9-13-32(24-37)39-26-31(18-19-40-39)30-12-8-16-36(23-30)43-35-14-6-3-7-15-35/h2-27H,1H3/q+2. The minimum atomic E-state index is 0.728. The van der Waals surface area contributed by atoms with Crippen LogP contribution >= 0.6 is 0 Å². The number of benzene rings is 5. The van der Waals surface area contributed by atoms with E-state index in [9.17, 15) is 0 Å². The molecule has 5 aromatic carbocycles. The summed E-state index contributed by atoms with van der Waals surface area (Å²) < 4.78 is 16.4. The fourth-order valence-corrected chi connectivity index (χ4v) is 5.11. The second kappa shape index (κ2) is 12.1. The van der Waals surface area contributed by atoms with Gasteiger partial charge in [0.05, 0.1) is 11.8 Å². The molecule has 0 bridgehead atoms. The van der Waals surface area contributed by atoms with Gasteiger partial charge in [-0.3, -0.25) is 4.98 Å². The highest BCUT2D eigenvalue weighted by atomic mass is 16.5. The molecule has 0 unspecified atom stereocenters. The van der Waals surface area contributed by atoms with Gasteiger partial charge in [0, 0.05) is 17.8 Å². The minimum Gasteiger partial charge on any atom is -0.457 e. The zero-order valence-electron chi connectivity index (χ0n) is 24.2. The molecule has 5 heteroatoms. The second-order valence-corrected chi connectivity index (χ2v) is 10.5. The largest absolute Gasteiger partial charge is 0.495 e. The molecule has 1 aromatic heterocycles. The molecule has 1 aliphatic heterocycles. The molecule has 2 heterocycles. The summed E-state index contributed by atoms with van der Waals surface area (Å²) in [5.74, 6) is 3.05. The van der Waals surface area contributed by atoms with Crippen LogP contribution in [0, 0.1) is 0 Å². The Morgan fingerprint density at radius 3 is 1.86 bits per heavy atom. The fourth-order valence-electron chi connectivity index (χ4n) is 5.11. The van der Waals surface area contributed by atoms with E-state index in [1.807, 2.05) is 132 Å². The van der Waals surface area contributed by atoms with E-state index in [0.717, 1.165) is 62.2 Å². The molecule has 0 aliphatic carbocycles. The van der Waals surface area contributed by atoms with Gasteiger partial charge < -0.3 is 9.47 Å². The third-order valence-corrected chi connectivity index (χ3v) is 7.25. The Bertz CT molecular complexity index is 2060. The Morgan fingerprint density at radius 2 is 1.11 bits per heavy atom. The maximum atomic E-state index is 6.48. The molecule has 0 amide bonds. The van der Waals surface area contributed by atoms with Crippen LogP contribution in [0.3, 0.4) is 0 Å². The van der Waals surface area contributed by atoms with Gasteiger partial charge in [0.25, 0.3) is 6.20 Å². The van der Waals surface area contributed by atoms with Crippen LogP contribution in [0.25, 0.3) is 33.5 Å². The molecule has 0 saturated carbocycles. The molecule has 1 aliphatic rings. The summed E-state index contributed by atoms with van der Waals surface area (Å²) in [5, 5.41) is 0. The lowest BCUT2D eigenvalue weighted by Crippen LogP contribution is -1.95. The van der Waals surface area contributed by atoms with Crippen molar-refractivity contribution in [2.24, 2.45) is 0 Å². The third kappa shape index (κ3) is 6.09. The molecule has 7 rings (SSSR count). The number of nitrogens with zero attached hydrogens (tertiary/aromatic N) is 3. The summed E-state index contributed by atoms with van der Waals surface area (Å²) >= 11 is 0. The number of ether oxygens (including phenoxy) is 2. The number of hydrogen-bond acceptors (Lipinski definition) is 3. The van der Waals surface area contributed by atoms with E-state index in [1.165, 1.54) is 0 Å². The first-order chi connectivity index (χ1) is 21.7. The first kappa shape index (κ1) is 26.8. The Balaban J connectivity index is 1.18. The Kier molecular flexibility index (Phi) is 7.36. The van der Waals surface area contributed by atoms with Crippen molar-refractivity contribution in [2.75, 3.05) is 7.05 Å². The highest BCUT2D eigenvalue weighted by molar-refractivity contribution is 5.72. The Hall–Kier alpha value is -6.03. The minimum absolute atomic E-state index is 0.728. The average molecular weight is 572 g/mol. The number of para-hydroxylation sites is 1. The predicted molar refractivity (Wildman–Crippen MR) is 174 cm³/mol. The summed E-state index contributed by atoms with van der Waals surface area (Å²) in [6.45, 7) is 0. The average Bonchev–Trinajstić information content (AvgIpc) is 3.52. The van der Waals surface area contributed by atoms with E-state index in [0.29, 0.717) is 0 Å². The maximum Gasteiger partial charge on any atom is 0.495 e. The predicted octanol–water partition coefficient (Wildman–Crippen LogP) is 9.61. The van der Waals surface area contributed by atoms with Crippen LogP contribution < -0.4 is 9.47 Å². The third-order valence-electron chi connectivity index (χ3n) is 7.25. The Morgan fingerprint density at radius 1 is 0.500 bits per heavy atom. The zero-order chi connectivity index (χ0) is 29.7. The highest BCUT2D eigenvalue weighted by Gasteiger charge is 2.19. The number of pyridine rings is 1. The van der Waals surface area contributed by atoms with E-state index < -0.39 is 0 Å². The second-order valence-electron chi connectivity index (χ2n) is 10.5. The lowest BCUT2D eigenvalue weighted by Gasteiger charge is -2.11. The van der Waals surface area contributed by atoms with Crippen molar-refractivity contribution in [3.05, 3.63) is 158 Å². The van der Waals surface area contributed by atoms with Gasteiger partial charge >= 0.3 is 6.01 Å². The molecule has 0 radical (unpaired) electrons. The van der Waals surface area contributed by atoms with E-state index >= 15 is 0 Å². The normalized spacial score (nSPS) is 12.0. The molecule has 0 spiro atoms. The topological polar surface area (TPSA) is 37.4 Å². The quantitative estimate of drug-likeness (QED) is 0.171. The summed E-state index contributed by atoms with van der Waals surface area (Å²) in [6.07, 6.45) is 5.79. The smallest absolute Gasteiger partial charge is 0.457 e. The number of aromatic nitrogens is 1. The molecule has 0 N–H and O–H groups in total. The van der Waals surface area contributed by atoms with Crippen molar-refractivity contribution >= 4 is 11.7 Å². The van der Waals surface area contributed by atoms with Gasteiger partial charge in [-0.15, -0.1) is 0 Å². The first-order valence-corrected chi connectivity index (χ1v) is 14.4. The van der Waals surface area contributed by atoms with Gasteiger partial charge in [-0.25, -0.2) is 0 Å². The van der Waals surface area contributed by atoms with Crippen LogP contribution in [0.2, 0.25) is 0 Å². The lowest BCUT2D eigenvalue weighted by molar-refractivity contribution is -0.429. The SMILES string of the molecule is C[N+]1=C=[N+](c2cc(Oc3cccc(-c4cc(-c5cccc(Oc6ccccc6)c5)ccn4)c3)cc(-c3ccccc3)c2)C=C1. The van der Waals surface area contributed by atoms with E-state index in [4.69, 9.17) is 9.47 Å². The molecule has 5 nitrogen and oxygen atoms in total. The monoisotopic (exact) mass is 571 g/mol. The highest BCUT2D eigenvalue weighted by Crippen LogP contribution is 2.35. The van der Waals surface area contributed by atoms with Gasteiger partial charge in [0.2, 0.25) is 11.9 Å². The summed E-state index contributed by atoms with van der Waals surface area (Å²) in [6, 6.07) is 49.9. The Labute approximate surface area is 256 Å². The molecular formula is C39H29N3O2+2. The number of rotatable bonds is 8. The van der Waals surface area contributed by atoms with E-state index in [1.54, 1.807) is 0 Å². The van der Waals surface area contributed by atoms with Crippen LogP contribution in [0.15, 0.2) is 158 Å². The molecule has 44 heavy (non-hydrogen) atoms. The van der Waals surface area contributed by atoms with Crippen LogP contribution in [-0.4, -0.2) is 27.2 Å². The molecule has 210 valence electrons. The molecule has 0 atom stereocenters. The molecule has 0 fully saturated rings. The van der Waals surface area contributed by atoms with E-state index in [-0.39, 0.29) is 0 Å².